The lowest BCUT2D eigenvalue weighted by Crippen LogP contribution is -2.23. The van der Waals surface area contributed by atoms with Crippen LogP contribution in [0.3, 0.4) is 0 Å². The fourth-order valence-corrected chi connectivity index (χ4v) is 5.58. The van der Waals surface area contributed by atoms with Crippen molar-refractivity contribution in [3.8, 4) is 17.1 Å². The van der Waals surface area contributed by atoms with Gasteiger partial charge in [0.2, 0.25) is 5.82 Å². The van der Waals surface area contributed by atoms with Crippen LogP contribution in [0.1, 0.15) is 23.1 Å². The molecule has 2 heterocycles. The zero-order chi connectivity index (χ0) is 30.2. The molecule has 0 spiro atoms. The van der Waals surface area contributed by atoms with Crippen molar-refractivity contribution in [2.24, 2.45) is 0 Å². The molecule has 0 saturated heterocycles. The summed E-state index contributed by atoms with van der Waals surface area (Å²) in [5.41, 5.74) is 2.80. The molecule has 0 aliphatic rings. The largest absolute Gasteiger partial charge is 0.482 e. The number of halogens is 2. The number of nitrogens with one attached hydrogen (secondary N) is 2. The molecule has 3 N–H and O–H groups in total. The third-order valence-electron chi connectivity index (χ3n) is 6.34. The minimum Gasteiger partial charge on any atom is -0.482 e. The van der Waals surface area contributed by atoms with E-state index in [1.165, 1.54) is 12.1 Å². The van der Waals surface area contributed by atoms with Crippen LogP contribution in [0.5, 0.6) is 5.75 Å². The molecular weight excluding hydrogens is 613 g/mol. The number of sulfonamides is 1. The van der Waals surface area contributed by atoms with Crippen molar-refractivity contribution < 1.29 is 22.8 Å². The molecular formula is C30H27Cl2N5O5S. The number of anilines is 1. The highest BCUT2D eigenvalue weighted by atomic mass is 35.5. The molecule has 5 aromatic rings. The first-order valence-corrected chi connectivity index (χ1v) is 15.4. The highest BCUT2D eigenvalue weighted by Gasteiger charge is 2.16. The standard InChI is InChI=1S/C30H27Cl2N5O5S/c31-23-7-12-28(26(32)16-23)41-19-29-35-30(36-42-29)21-5-10-25(11-6-21)43(39,40)37-24-8-3-20(4-9-24)13-15-34-18-27(38)22-2-1-14-33-17-22/h1-12,14,16-17,27,34,37-38H,13,15,18-19H2. The van der Waals surface area contributed by atoms with Crippen LogP contribution in [0.15, 0.2) is 101 Å². The SMILES string of the molecule is O=S(=O)(Nc1ccc(CCNCC(O)c2cccnc2)cc1)c1ccc(-c2noc(COc3ccc(Cl)cc3Cl)n2)cc1. The van der Waals surface area contributed by atoms with Gasteiger partial charge in [0.25, 0.3) is 15.9 Å². The number of nitrogens with zero attached hydrogens (tertiary/aromatic N) is 3. The van der Waals surface area contributed by atoms with Crippen LogP contribution in [-0.4, -0.2) is 41.7 Å². The number of aliphatic hydroxyl groups excluding tert-OH is 1. The van der Waals surface area contributed by atoms with Gasteiger partial charge in [0.05, 0.1) is 16.0 Å². The molecule has 0 bridgehead atoms. The van der Waals surface area contributed by atoms with Crippen LogP contribution in [0.25, 0.3) is 11.4 Å². The normalized spacial score (nSPS) is 12.2. The number of aromatic nitrogens is 3. The predicted molar refractivity (Wildman–Crippen MR) is 164 cm³/mol. The third-order valence-corrected chi connectivity index (χ3v) is 8.27. The van der Waals surface area contributed by atoms with Crippen LogP contribution in [-0.2, 0) is 23.1 Å². The predicted octanol–water partition coefficient (Wildman–Crippen LogP) is 5.68. The molecule has 0 amide bonds. The number of rotatable bonds is 13. The molecule has 222 valence electrons. The van der Waals surface area contributed by atoms with E-state index in [0.29, 0.717) is 46.6 Å². The lowest BCUT2D eigenvalue weighted by atomic mass is 10.1. The zero-order valence-electron chi connectivity index (χ0n) is 22.7. The summed E-state index contributed by atoms with van der Waals surface area (Å²) in [4.78, 5) is 8.40. The first-order chi connectivity index (χ1) is 20.8. The highest BCUT2D eigenvalue weighted by Crippen LogP contribution is 2.28. The van der Waals surface area contributed by atoms with Gasteiger partial charge in [-0.3, -0.25) is 9.71 Å². The number of ether oxygens (including phenoxy) is 1. The Hall–Kier alpha value is -4.00. The highest BCUT2D eigenvalue weighted by molar-refractivity contribution is 7.92. The van der Waals surface area contributed by atoms with Gasteiger partial charge in [-0.2, -0.15) is 4.98 Å². The van der Waals surface area contributed by atoms with Gasteiger partial charge in [-0.25, -0.2) is 8.42 Å². The topological polar surface area (TPSA) is 139 Å². The summed E-state index contributed by atoms with van der Waals surface area (Å²) in [7, 11) is -3.82. The third kappa shape index (κ3) is 8.31. The quantitative estimate of drug-likeness (QED) is 0.139. The van der Waals surface area contributed by atoms with Crippen LogP contribution < -0.4 is 14.8 Å². The molecule has 0 radical (unpaired) electrons. The second kappa shape index (κ2) is 14.0. The van der Waals surface area contributed by atoms with E-state index in [0.717, 1.165) is 11.1 Å². The molecule has 2 aromatic heterocycles. The van der Waals surface area contributed by atoms with Crippen molar-refractivity contribution in [3.05, 3.63) is 118 Å². The molecule has 10 nitrogen and oxygen atoms in total. The number of hydrogen-bond acceptors (Lipinski definition) is 9. The first kappa shape index (κ1) is 30.5. The number of pyridine rings is 1. The molecule has 5 rings (SSSR count). The van der Waals surface area contributed by atoms with Crippen molar-refractivity contribution in [3.63, 3.8) is 0 Å². The van der Waals surface area contributed by atoms with Crippen LogP contribution in [0, 0.1) is 0 Å². The van der Waals surface area contributed by atoms with Crippen molar-refractivity contribution >= 4 is 38.9 Å². The van der Waals surface area contributed by atoms with Crippen molar-refractivity contribution in [2.45, 2.75) is 24.0 Å². The van der Waals surface area contributed by atoms with Gasteiger partial charge in [-0.15, -0.1) is 0 Å². The number of benzene rings is 3. The van der Waals surface area contributed by atoms with Crippen LogP contribution in [0.4, 0.5) is 5.69 Å². The molecule has 43 heavy (non-hydrogen) atoms. The molecule has 1 unspecified atom stereocenters. The minimum atomic E-state index is -3.82. The Kier molecular flexibility index (Phi) is 9.90. The molecule has 0 aliphatic carbocycles. The van der Waals surface area contributed by atoms with E-state index in [1.807, 2.05) is 18.2 Å². The summed E-state index contributed by atoms with van der Waals surface area (Å²) in [6.45, 7) is 1.06. The molecule has 1 atom stereocenters. The Morgan fingerprint density at radius 3 is 2.51 bits per heavy atom. The first-order valence-electron chi connectivity index (χ1n) is 13.2. The van der Waals surface area contributed by atoms with Gasteiger partial charge in [0.1, 0.15) is 5.75 Å². The Bertz CT molecular complexity index is 1750. The van der Waals surface area contributed by atoms with E-state index >= 15 is 0 Å². The maximum absolute atomic E-state index is 13.0. The maximum atomic E-state index is 13.0. The molecule has 0 fully saturated rings. The Morgan fingerprint density at radius 2 is 1.79 bits per heavy atom. The molecule has 0 saturated carbocycles. The van der Waals surface area contributed by atoms with Crippen LogP contribution in [0.2, 0.25) is 10.0 Å². The summed E-state index contributed by atoms with van der Waals surface area (Å²) >= 11 is 12.0. The van der Waals surface area contributed by atoms with E-state index in [4.69, 9.17) is 32.5 Å². The lowest BCUT2D eigenvalue weighted by molar-refractivity contribution is 0.174. The fourth-order valence-electron chi connectivity index (χ4n) is 4.06. The molecule has 13 heteroatoms. The molecule has 3 aromatic carbocycles. The van der Waals surface area contributed by atoms with Crippen LogP contribution >= 0.6 is 23.2 Å². The lowest BCUT2D eigenvalue weighted by Gasteiger charge is -2.12. The second-order valence-electron chi connectivity index (χ2n) is 9.46. The van der Waals surface area contributed by atoms with Gasteiger partial charge >= 0.3 is 0 Å². The van der Waals surface area contributed by atoms with Crippen molar-refractivity contribution in [1.29, 1.82) is 0 Å². The van der Waals surface area contributed by atoms with E-state index in [-0.39, 0.29) is 23.2 Å². The monoisotopic (exact) mass is 639 g/mol. The Morgan fingerprint density at radius 1 is 1.00 bits per heavy atom. The summed E-state index contributed by atoms with van der Waals surface area (Å²) in [6, 6.07) is 21.8. The Labute approximate surface area is 258 Å². The van der Waals surface area contributed by atoms with Gasteiger partial charge in [0, 0.05) is 40.8 Å². The minimum absolute atomic E-state index is 0.00462. The van der Waals surface area contributed by atoms with Gasteiger partial charge in [-0.05, 0) is 79.2 Å². The summed E-state index contributed by atoms with van der Waals surface area (Å²) in [5, 5.41) is 18.2. The average molecular weight is 641 g/mol. The number of hydrogen-bond donors (Lipinski definition) is 3. The van der Waals surface area contributed by atoms with E-state index in [1.54, 1.807) is 60.9 Å². The van der Waals surface area contributed by atoms with E-state index < -0.39 is 16.1 Å². The van der Waals surface area contributed by atoms with Gasteiger partial charge in [0.15, 0.2) is 6.61 Å². The van der Waals surface area contributed by atoms with Crippen molar-refractivity contribution in [1.82, 2.24) is 20.4 Å². The smallest absolute Gasteiger partial charge is 0.264 e. The maximum Gasteiger partial charge on any atom is 0.264 e. The second-order valence-corrected chi connectivity index (χ2v) is 12.0. The summed E-state index contributed by atoms with van der Waals surface area (Å²) in [6.07, 6.45) is 3.39. The fraction of sp³-hybridized carbons (Fsp3) is 0.167. The van der Waals surface area contributed by atoms with E-state index in [9.17, 15) is 13.5 Å². The summed E-state index contributed by atoms with van der Waals surface area (Å²) in [5.74, 6) is 0.934. The van der Waals surface area contributed by atoms with Gasteiger partial charge in [-0.1, -0.05) is 46.6 Å². The van der Waals surface area contributed by atoms with Gasteiger partial charge < -0.3 is 19.7 Å². The van der Waals surface area contributed by atoms with E-state index in [2.05, 4.69) is 25.2 Å². The Balaban J connectivity index is 1.11. The summed E-state index contributed by atoms with van der Waals surface area (Å²) < 4.78 is 39.4. The zero-order valence-corrected chi connectivity index (χ0v) is 25.0. The number of aliphatic hydroxyl groups is 1. The average Bonchev–Trinajstić information content (AvgIpc) is 3.49. The molecule has 0 aliphatic heterocycles. The van der Waals surface area contributed by atoms with Crippen molar-refractivity contribution in [2.75, 3.05) is 17.8 Å².